The molecule has 2 heterocycles. The Morgan fingerprint density at radius 3 is 2.39 bits per heavy atom. The molecule has 3 nitrogen and oxygen atoms in total. The molecule has 2 aliphatic carbocycles. The van der Waals surface area contributed by atoms with Crippen molar-refractivity contribution in [3.8, 4) is 0 Å². The van der Waals surface area contributed by atoms with E-state index >= 15 is 0 Å². The van der Waals surface area contributed by atoms with Crippen molar-refractivity contribution < 1.29 is 0 Å². The molecule has 2 saturated carbocycles. The van der Waals surface area contributed by atoms with E-state index < -0.39 is 0 Å². The van der Waals surface area contributed by atoms with Gasteiger partial charge in [0.05, 0.1) is 0 Å². The van der Waals surface area contributed by atoms with Crippen LogP contribution in [-0.2, 0) is 0 Å². The molecule has 0 bridgehead atoms. The Bertz CT molecular complexity index is 316. The average molecular weight is 249 g/mol. The summed E-state index contributed by atoms with van der Waals surface area (Å²) in [5.41, 5.74) is 6.55. The minimum absolute atomic E-state index is 0.340. The molecule has 0 aromatic rings. The van der Waals surface area contributed by atoms with E-state index in [4.69, 9.17) is 5.73 Å². The van der Waals surface area contributed by atoms with E-state index in [1.54, 1.807) is 0 Å². The van der Waals surface area contributed by atoms with Crippen LogP contribution in [0.15, 0.2) is 0 Å². The van der Waals surface area contributed by atoms with Crippen LogP contribution in [0.1, 0.15) is 38.5 Å². The van der Waals surface area contributed by atoms with Crippen molar-refractivity contribution in [2.75, 3.05) is 32.7 Å². The van der Waals surface area contributed by atoms with Gasteiger partial charge < -0.3 is 5.73 Å². The standard InChI is InChI=1S/C15H27N3/c16-10-15(6-7-17(11-15)14-4-5-14)18-8-12-2-1-3-13(12)9-18/h12-14H,1-11,16H2. The molecule has 0 spiro atoms. The fourth-order valence-corrected chi connectivity index (χ4v) is 4.82. The van der Waals surface area contributed by atoms with Crippen LogP contribution in [0.3, 0.4) is 0 Å². The highest BCUT2D eigenvalue weighted by atomic mass is 15.3. The molecule has 3 heteroatoms. The smallest absolute Gasteiger partial charge is 0.0470 e. The van der Waals surface area contributed by atoms with Gasteiger partial charge in [0, 0.05) is 44.3 Å². The van der Waals surface area contributed by atoms with Gasteiger partial charge in [-0.3, -0.25) is 9.80 Å². The maximum absolute atomic E-state index is 6.21. The molecular weight excluding hydrogens is 222 g/mol. The Morgan fingerprint density at radius 1 is 1.06 bits per heavy atom. The molecule has 18 heavy (non-hydrogen) atoms. The molecule has 0 aromatic carbocycles. The van der Waals surface area contributed by atoms with Crippen molar-refractivity contribution in [1.82, 2.24) is 9.80 Å². The summed E-state index contributed by atoms with van der Waals surface area (Å²) in [5, 5.41) is 0. The SMILES string of the molecule is NCC1(N2CC3CCCC3C2)CCN(C2CC2)C1. The number of likely N-dealkylation sites (tertiary alicyclic amines) is 2. The quantitative estimate of drug-likeness (QED) is 0.818. The average Bonchev–Trinajstić information content (AvgIpc) is 2.83. The Balaban J connectivity index is 1.47. The molecule has 2 N–H and O–H groups in total. The molecule has 2 saturated heterocycles. The van der Waals surface area contributed by atoms with E-state index in [0.29, 0.717) is 5.54 Å². The summed E-state index contributed by atoms with van der Waals surface area (Å²) < 4.78 is 0. The molecule has 3 unspecified atom stereocenters. The lowest BCUT2D eigenvalue weighted by atomic mass is 9.96. The Morgan fingerprint density at radius 2 is 1.78 bits per heavy atom. The highest BCUT2D eigenvalue weighted by Crippen LogP contribution is 2.43. The summed E-state index contributed by atoms with van der Waals surface area (Å²) in [5.74, 6) is 2.01. The third-order valence-corrected chi connectivity index (χ3v) is 6.20. The third kappa shape index (κ3) is 1.75. The van der Waals surface area contributed by atoms with Crippen LogP contribution in [0.5, 0.6) is 0 Å². The van der Waals surface area contributed by atoms with E-state index in [2.05, 4.69) is 9.80 Å². The summed E-state index contributed by atoms with van der Waals surface area (Å²) in [6.07, 6.45) is 8.63. The Hall–Kier alpha value is -0.120. The lowest BCUT2D eigenvalue weighted by molar-refractivity contribution is 0.116. The van der Waals surface area contributed by atoms with E-state index in [1.807, 2.05) is 0 Å². The van der Waals surface area contributed by atoms with Gasteiger partial charge in [-0.05, 0) is 43.9 Å². The van der Waals surface area contributed by atoms with Gasteiger partial charge in [0.1, 0.15) is 0 Å². The van der Waals surface area contributed by atoms with Crippen LogP contribution in [0.2, 0.25) is 0 Å². The van der Waals surface area contributed by atoms with Crippen molar-refractivity contribution in [3.63, 3.8) is 0 Å². The van der Waals surface area contributed by atoms with Crippen molar-refractivity contribution in [2.24, 2.45) is 17.6 Å². The zero-order chi connectivity index (χ0) is 12.2. The molecule has 4 fully saturated rings. The van der Waals surface area contributed by atoms with Crippen molar-refractivity contribution >= 4 is 0 Å². The fourth-order valence-electron chi connectivity index (χ4n) is 4.82. The first kappa shape index (κ1) is 11.7. The molecule has 4 rings (SSSR count). The van der Waals surface area contributed by atoms with Gasteiger partial charge in [0.2, 0.25) is 0 Å². The number of hydrogen-bond donors (Lipinski definition) is 1. The second-order valence-corrected chi connectivity index (χ2v) is 7.24. The van der Waals surface area contributed by atoms with Gasteiger partial charge >= 0.3 is 0 Å². The number of nitrogens with two attached hydrogens (primary N) is 1. The van der Waals surface area contributed by atoms with Crippen LogP contribution in [-0.4, -0.2) is 54.1 Å². The second-order valence-electron chi connectivity index (χ2n) is 7.24. The highest BCUT2D eigenvalue weighted by molar-refractivity contribution is 5.06. The van der Waals surface area contributed by atoms with E-state index in [0.717, 1.165) is 24.4 Å². The molecule has 3 atom stereocenters. The number of rotatable bonds is 3. The maximum atomic E-state index is 6.21. The number of fused-ring (bicyclic) bond motifs is 1. The van der Waals surface area contributed by atoms with Gasteiger partial charge in [-0.25, -0.2) is 0 Å². The fraction of sp³-hybridized carbons (Fsp3) is 1.00. The first-order valence-electron chi connectivity index (χ1n) is 8.00. The predicted molar refractivity (Wildman–Crippen MR) is 73.4 cm³/mol. The van der Waals surface area contributed by atoms with Crippen molar-refractivity contribution in [1.29, 1.82) is 0 Å². The molecule has 0 amide bonds. The van der Waals surface area contributed by atoms with Crippen LogP contribution in [0.4, 0.5) is 0 Å². The first-order chi connectivity index (χ1) is 8.81. The zero-order valence-corrected chi connectivity index (χ0v) is 11.5. The van der Waals surface area contributed by atoms with Crippen LogP contribution in [0, 0.1) is 11.8 Å². The first-order valence-corrected chi connectivity index (χ1v) is 8.00. The van der Waals surface area contributed by atoms with Crippen molar-refractivity contribution in [2.45, 2.75) is 50.1 Å². The number of nitrogens with zero attached hydrogens (tertiary/aromatic N) is 2. The van der Waals surface area contributed by atoms with Gasteiger partial charge in [-0.1, -0.05) is 6.42 Å². The summed E-state index contributed by atoms with van der Waals surface area (Å²) in [4.78, 5) is 5.52. The van der Waals surface area contributed by atoms with Gasteiger partial charge in [0.25, 0.3) is 0 Å². The summed E-state index contributed by atoms with van der Waals surface area (Å²) >= 11 is 0. The van der Waals surface area contributed by atoms with Gasteiger partial charge in [-0.2, -0.15) is 0 Å². The van der Waals surface area contributed by atoms with Crippen LogP contribution >= 0.6 is 0 Å². The molecule has 102 valence electrons. The maximum Gasteiger partial charge on any atom is 0.0470 e. The minimum atomic E-state index is 0.340. The third-order valence-electron chi connectivity index (χ3n) is 6.20. The Kier molecular flexibility index (Phi) is 2.72. The normalized spacial score (nSPS) is 45.8. The van der Waals surface area contributed by atoms with Gasteiger partial charge in [-0.15, -0.1) is 0 Å². The summed E-state index contributed by atoms with van der Waals surface area (Å²) in [7, 11) is 0. The Labute approximate surface area is 111 Å². The zero-order valence-electron chi connectivity index (χ0n) is 11.5. The summed E-state index contributed by atoms with van der Waals surface area (Å²) in [6, 6.07) is 0.917. The van der Waals surface area contributed by atoms with Crippen molar-refractivity contribution in [3.05, 3.63) is 0 Å². The summed E-state index contributed by atoms with van der Waals surface area (Å²) in [6.45, 7) is 6.12. The molecule has 4 aliphatic rings. The van der Waals surface area contributed by atoms with E-state index in [1.165, 1.54) is 64.7 Å². The largest absolute Gasteiger partial charge is 0.329 e. The van der Waals surface area contributed by atoms with Crippen LogP contribution < -0.4 is 5.73 Å². The minimum Gasteiger partial charge on any atom is -0.329 e. The van der Waals surface area contributed by atoms with E-state index in [9.17, 15) is 0 Å². The molecule has 2 aliphatic heterocycles. The number of hydrogen-bond acceptors (Lipinski definition) is 3. The van der Waals surface area contributed by atoms with Gasteiger partial charge in [0.15, 0.2) is 0 Å². The topological polar surface area (TPSA) is 32.5 Å². The monoisotopic (exact) mass is 249 g/mol. The molecule has 0 aromatic heterocycles. The lowest BCUT2D eigenvalue weighted by Crippen LogP contribution is -2.55. The molecule has 0 radical (unpaired) electrons. The van der Waals surface area contributed by atoms with Crippen LogP contribution in [0.25, 0.3) is 0 Å². The predicted octanol–water partition coefficient (Wildman–Crippen LogP) is 1.28. The lowest BCUT2D eigenvalue weighted by Gasteiger charge is -2.38. The molecular formula is C15H27N3. The second kappa shape index (κ2) is 4.19. The highest BCUT2D eigenvalue weighted by Gasteiger charge is 2.50. The van der Waals surface area contributed by atoms with E-state index in [-0.39, 0.29) is 0 Å².